The minimum absolute atomic E-state index is 0.203. The van der Waals surface area contributed by atoms with E-state index in [0.29, 0.717) is 12.0 Å². The summed E-state index contributed by atoms with van der Waals surface area (Å²) in [6.45, 7) is 0. The second-order valence-electron chi connectivity index (χ2n) is 4.34. The molecule has 0 saturated heterocycles. The number of nitrogens with one attached hydrogen (secondary N) is 1. The van der Waals surface area contributed by atoms with Gasteiger partial charge in [0.25, 0.3) is 5.91 Å². The van der Waals surface area contributed by atoms with E-state index in [4.69, 9.17) is 0 Å². The van der Waals surface area contributed by atoms with Gasteiger partial charge in [-0.25, -0.2) is 23.1 Å². The number of benzene rings is 1. The molecule has 21 heavy (non-hydrogen) atoms. The first-order chi connectivity index (χ1) is 9.90. The molecule has 0 saturated carbocycles. The molecule has 0 spiro atoms. The molecule has 1 aromatic carbocycles. The minimum atomic E-state index is -1.69. The Morgan fingerprint density at radius 3 is 2.29 bits per heavy atom. The van der Waals surface area contributed by atoms with E-state index in [1.165, 1.54) is 12.4 Å². The zero-order chi connectivity index (χ0) is 15.6. The molecule has 2 aromatic rings. The van der Waals surface area contributed by atoms with Gasteiger partial charge < -0.3 is 10.2 Å². The van der Waals surface area contributed by atoms with E-state index < -0.39 is 28.9 Å². The molecular formula is C13H11F3N4O. The molecule has 1 N–H and O–H groups in total. The number of aromatic nitrogens is 2. The summed E-state index contributed by atoms with van der Waals surface area (Å²) in [6, 6.07) is 1.54. The van der Waals surface area contributed by atoms with Crippen LogP contribution in [0.15, 0.2) is 24.5 Å². The smallest absolute Gasteiger partial charge is 0.258 e. The van der Waals surface area contributed by atoms with Crippen LogP contribution < -0.4 is 10.2 Å². The fourth-order valence-corrected chi connectivity index (χ4v) is 1.52. The lowest BCUT2D eigenvalue weighted by atomic mass is 10.2. The number of halogens is 3. The number of carbonyl (C=O) groups excluding carboxylic acids is 1. The van der Waals surface area contributed by atoms with Crippen molar-refractivity contribution in [3.63, 3.8) is 0 Å². The molecule has 0 aliphatic heterocycles. The standard InChI is InChI=1S/C13H11F3N4O/c1-20(2)13-17-5-7(6-18-13)19-12(21)8-3-4-9(14)11(16)10(8)15/h3-6H,1-2H3,(H,19,21). The van der Waals surface area contributed by atoms with Crippen molar-refractivity contribution in [2.75, 3.05) is 24.3 Å². The Bertz CT molecular complexity index is 674. The summed E-state index contributed by atoms with van der Waals surface area (Å²) in [6.07, 6.45) is 2.63. The highest BCUT2D eigenvalue weighted by Crippen LogP contribution is 2.17. The van der Waals surface area contributed by atoms with E-state index in [1.54, 1.807) is 19.0 Å². The maximum Gasteiger partial charge on any atom is 0.258 e. The molecule has 0 fully saturated rings. The Morgan fingerprint density at radius 1 is 1.10 bits per heavy atom. The summed E-state index contributed by atoms with van der Waals surface area (Å²) in [7, 11) is 3.48. The van der Waals surface area contributed by atoms with Gasteiger partial charge in [0.2, 0.25) is 5.95 Å². The summed E-state index contributed by atoms with van der Waals surface area (Å²) in [4.78, 5) is 21.4. The zero-order valence-corrected chi connectivity index (χ0v) is 11.2. The van der Waals surface area contributed by atoms with Crippen LogP contribution in [0.4, 0.5) is 24.8 Å². The number of hydrogen-bond acceptors (Lipinski definition) is 4. The summed E-state index contributed by atoms with van der Waals surface area (Å²) in [5, 5.41) is 2.30. The van der Waals surface area contributed by atoms with Crippen LogP contribution in [-0.4, -0.2) is 30.0 Å². The van der Waals surface area contributed by atoms with Gasteiger partial charge in [-0.1, -0.05) is 0 Å². The third kappa shape index (κ3) is 3.10. The van der Waals surface area contributed by atoms with Crippen molar-refractivity contribution in [3.05, 3.63) is 47.5 Å². The quantitative estimate of drug-likeness (QED) is 0.882. The van der Waals surface area contributed by atoms with Crippen molar-refractivity contribution in [1.29, 1.82) is 0 Å². The molecule has 5 nitrogen and oxygen atoms in total. The molecule has 110 valence electrons. The van der Waals surface area contributed by atoms with Crippen molar-refractivity contribution in [1.82, 2.24) is 9.97 Å². The molecule has 0 unspecified atom stereocenters. The Hall–Kier alpha value is -2.64. The van der Waals surface area contributed by atoms with Gasteiger partial charge in [0.05, 0.1) is 23.6 Å². The summed E-state index contributed by atoms with van der Waals surface area (Å²) < 4.78 is 39.3. The first-order valence-corrected chi connectivity index (χ1v) is 5.84. The van der Waals surface area contributed by atoms with E-state index in [-0.39, 0.29) is 5.69 Å². The number of anilines is 2. The molecule has 1 aromatic heterocycles. The predicted molar refractivity (Wildman–Crippen MR) is 70.6 cm³/mol. The Balaban J connectivity index is 2.20. The highest BCUT2D eigenvalue weighted by Gasteiger charge is 2.19. The molecule has 0 bridgehead atoms. The normalized spacial score (nSPS) is 10.3. The molecule has 1 amide bonds. The van der Waals surface area contributed by atoms with Gasteiger partial charge in [-0.05, 0) is 12.1 Å². The predicted octanol–water partition coefficient (Wildman–Crippen LogP) is 2.21. The Labute approximate surface area is 118 Å². The van der Waals surface area contributed by atoms with Crippen molar-refractivity contribution in [2.45, 2.75) is 0 Å². The molecule has 8 heteroatoms. The number of amides is 1. The number of hydrogen-bond donors (Lipinski definition) is 1. The highest BCUT2D eigenvalue weighted by molar-refractivity contribution is 6.04. The van der Waals surface area contributed by atoms with Crippen molar-refractivity contribution in [2.24, 2.45) is 0 Å². The Morgan fingerprint density at radius 2 is 1.71 bits per heavy atom. The van der Waals surface area contributed by atoms with Crippen molar-refractivity contribution >= 4 is 17.5 Å². The van der Waals surface area contributed by atoms with Gasteiger partial charge in [-0.2, -0.15) is 0 Å². The lowest BCUT2D eigenvalue weighted by molar-refractivity contribution is 0.102. The van der Waals surface area contributed by atoms with Gasteiger partial charge in [0, 0.05) is 14.1 Å². The van der Waals surface area contributed by atoms with Crippen molar-refractivity contribution in [3.8, 4) is 0 Å². The largest absolute Gasteiger partial charge is 0.347 e. The Kier molecular flexibility index (Phi) is 4.06. The number of rotatable bonds is 3. The maximum absolute atomic E-state index is 13.5. The molecule has 2 rings (SSSR count). The van der Waals surface area contributed by atoms with E-state index in [2.05, 4.69) is 15.3 Å². The van der Waals surface area contributed by atoms with E-state index >= 15 is 0 Å². The second-order valence-corrected chi connectivity index (χ2v) is 4.34. The van der Waals surface area contributed by atoms with Crippen LogP contribution in [0.3, 0.4) is 0 Å². The second kappa shape index (κ2) is 5.78. The van der Waals surface area contributed by atoms with Gasteiger partial charge >= 0.3 is 0 Å². The van der Waals surface area contributed by atoms with Gasteiger partial charge in [0.1, 0.15) is 0 Å². The summed E-state index contributed by atoms with van der Waals surface area (Å²) in [5.74, 6) is -5.09. The van der Waals surface area contributed by atoms with Crippen LogP contribution >= 0.6 is 0 Å². The van der Waals surface area contributed by atoms with E-state index in [1.807, 2.05) is 0 Å². The average Bonchev–Trinajstić information content (AvgIpc) is 2.45. The number of carbonyl (C=O) groups is 1. The lowest BCUT2D eigenvalue weighted by Gasteiger charge is -2.10. The van der Waals surface area contributed by atoms with Gasteiger partial charge in [-0.3, -0.25) is 4.79 Å². The van der Waals surface area contributed by atoms with Gasteiger partial charge in [0.15, 0.2) is 17.5 Å². The highest BCUT2D eigenvalue weighted by atomic mass is 19.2. The SMILES string of the molecule is CN(C)c1ncc(NC(=O)c2ccc(F)c(F)c2F)cn1. The van der Waals surface area contributed by atoms with Crippen LogP contribution in [0.5, 0.6) is 0 Å². The van der Waals surface area contributed by atoms with Crippen LogP contribution in [0.2, 0.25) is 0 Å². The average molecular weight is 296 g/mol. The molecule has 0 aliphatic rings. The molecule has 1 heterocycles. The lowest BCUT2D eigenvalue weighted by Crippen LogP contribution is -2.17. The monoisotopic (exact) mass is 296 g/mol. The van der Waals surface area contributed by atoms with Crippen LogP contribution in [0.1, 0.15) is 10.4 Å². The molecule has 0 aliphatic carbocycles. The molecule has 0 atom stereocenters. The molecule has 0 radical (unpaired) electrons. The summed E-state index contributed by atoms with van der Waals surface area (Å²) in [5.41, 5.74) is -0.402. The summed E-state index contributed by atoms with van der Waals surface area (Å²) >= 11 is 0. The first-order valence-electron chi connectivity index (χ1n) is 5.84. The van der Waals surface area contributed by atoms with Gasteiger partial charge in [-0.15, -0.1) is 0 Å². The van der Waals surface area contributed by atoms with E-state index in [0.717, 1.165) is 6.07 Å². The third-order valence-corrected chi connectivity index (χ3v) is 2.58. The zero-order valence-electron chi connectivity index (χ0n) is 11.2. The van der Waals surface area contributed by atoms with Crippen LogP contribution in [0.25, 0.3) is 0 Å². The fraction of sp³-hybridized carbons (Fsp3) is 0.154. The topological polar surface area (TPSA) is 58.1 Å². The third-order valence-electron chi connectivity index (χ3n) is 2.58. The van der Waals surface area contributed by atoms with Crippen LogP contribution in [-0.2, 0) is 0 Å². The number of nitrogens with zero attached hydrogens (tertiary/aromatic N) is 3. The fourth-order valence-electron chi connectivity index (χ4n) is 1.52. The first kappa shape index (κ1) is 14.8. The van der Waals surface area contributed by atoms with Crippen molar-refractivity contribution < 1.29 is 18.0 Å². The van der Waals surface area contributed by atoms with Crippen LogP contribution in [0, 0.1) is 17.5 Å². The minimum Gasteiger partial charge on any atom is -0.347 e. The van der Waals surface area contributed by atoms with E-state index in [9.17, 15) is 18.0 Å². The molecular weight excluding hydrogens is 285 g/mol. The maximum atomic E-state index is 13.5.